The molecule has 0 spiro atoms. The molecule has 0 aliphatic heterocycles. The van der Waals surface area contributed by atoms with Crippen LogP contribution in [0.2, 0.25) is 0 Å². The van der Waals surface area contributed by atoms with Crippen LogP contribution in [0.15, 0.2) is 12.3 Å². The first-order chi connectivity index (χ1) is 9.04. The first kappa shape index (κ1) is 14.4. The Hall–Kier alpha value is -1.04. The first-order valence-electron chi connectivity index (χ1n) is 6.86. The van der Waals surface area contributed by atoms with E-state index in [-0.39, 0.29) is 6.54 Å². The van der Waals surface area contributed by atoms with Gasteiger partial charge in [-0.25, -0.2) is 0 Å². The number of hydrogen-bond donors (Lipinski definition) is 1. The number of alkyl halides is 3. The van der Waals surface area contributed by atoms with Crippen LogP contribution in [0, 0.1) is 0 Å². The standard InChI is InChI=1S/C13H20F3N3/c14-13(15,16)7-8-17-10-11-6-9-19(18-11)12-4-2-1-3-5-12/h6,9,12,17H,1-5,7-8,10H2. The Morgan fingerprint density at radius 3 is 2.68 bits per heavy atom. The molecule has 6 heteroatoms. The fourth-order valence-electron chi connectivity index (χ4n) is 2.47. The van der Waals surface area contributed by atoms with Crippen molar-refractivity contribution >= 4 is 0 Å². The molecule has 0 amide bonds. The summed E-state index contributed by atoms with van der Waals surface area (Å²) in [5.41, 5.74) is 0.813. The van der Waals surface area contributed by atoms with Gasteiger partial charge in [0.25, 0.3) is 0 Å². The van der Waals surface area contributed by atoms with Crippen LogP contribution in [-0.2, 0) is 6.54 Å². The average Bonchev–Trinajstić information content (AvgIpc) is 2.83. The topological polar surface area (TPSA) is 29.9 Å². The fraction of sp³-hybridized carbons (Fsp3) is 0.769. The van der Waals surface area contributed by atoms with Gasteiger partial charge in [0, 0.05) is 19.3 Å². The summed E-state index contributed by atoms with van der Waals surface area (Å²) in [6, 6.07) is 2.35. The molecule has 19 heavy (non-hydrogen) atoms. The molecule has 1 N–H and O–H groups in total. The predicted octanol–water partition coefficient (Wildman–Crippen LogP) is 3.43. The highest BCUT2D eigenvalue weighted by Crippen LogP contribution is 2.27. The van der Waals surface area contributed by atoms with E-state index in [1.54, 1.807) is 0 Å². The zero-order chi connectivity index (χ0) is 13.7. The van der Waals surface area contributed by atoms with Crippen molar-refractivity contribution in [1.82, 2.24) is 15.1 Å². The van der Waals surface area contributed by atoms with Gasteiger partial charge in [0.1, 0.15) is 0 Å². The van der Waals surface area contributed by atoms with Crippen LogP contribution in [0.25, 0.3) is 0 Å². The minimum Gasteiger partial charge on any atom is -0.311 e. The van der Waals surface area contributed by atoms with Crippen LogP contribution in [0.5, 0.6) is 0 Å². The van der Waals surface area contributed by atoms with E-state index in [0.717, 1.165) is 18.5 Å². The van der Waals surface area contributed by atoms with Crippen LogP contribution in [0.3, 0.4) is 0 Å². The summed E-state index contributed by atoms with van der Waals surface area (Å²) >= 11 is 0. The minimum atomic E-state index is -4.09. The molecule has 108 valence electrons. The summed E-state index contributed by atoms with van der Waals surface area (Å²) in [7, 11) is 0. The normalized spacial score (nSPS) is 17.8. The van der Waals surface area contributed by atoms with Gasteiger partial charge in [-0.3, -0.25) is 4.68 Å². The van der Waals surface area contributed by atoms with Gasteiger partial charge in [0.05, 0.1) is 18.2 Å². The van der Waals surface area contributed by atoms with Crippen molar-refractivity contribution in [1.29, 1.82) is 0 Å². The van der Waals surface area contributed by atoms with Crippen molar-refractivity contribution in [3.8, 4) is 0 Å². The Labute approximate surface area is 111 Å². The number of hydrogen-bond acceptors (Lipinski definition) is 2. The van der Waals surface area contributed by atoms with Gasteiger partial charge in [0.15, 0.2) is 0 Å². The third-order valence-corrected chi connectivity index (χ3v) is 3.50. The maximum atomic E-state index is 12.0. The van der Waals surface area contributed by atoms with E-state index in [4.69, 9.17) is 0 Å². The van der Waals surface area contributed by atoms with Gasteiger partial charge >= 0.3 is 6.18 Å². The van der Waals surface area contributed by atoms with Crippen LogP contribution < -0.4 is 5.32 Å². The zero-order valence-electron chi connectivity index (χ0n) is 10.9. The van der Waals surface area contributed by atoms with E-state index < -0.39 is 12.6 Å². The lowest BCUT2D eigenvalue weighted by Gasteiger charge is -2.21. The molecule has 0 saturated heterocycles. The van der Waals surface area contributed by atoms with E-state index in [9.17, 15) is 13.2 Å². The maximum Gasteiger partial charge on any atom is 0.390 e. The second-order valence-corrected chi connectivity index (χ2v) is 5.12. The molecule has 0 radical (unpaired) electrons. The summed E-state index contributed by atoms with van der Waals surface area (Å²) in [4.78, 5) is 0. The quantitative estimate of drug-likeness (QED) is 0.834. The summed E-state index contributed by atoms with van der Waals surface area (Å²) in [6.07, 6.45) is 3.14. The Morgan fingerprint density at radius 1 is 1.26 bits per heavy atom. The smallest absolute Gasteiger partial charge is 0.311 e. The van der Waals surface area contributed by atoms with Gasteiger partial charge in [-0.2, -0.15) is 18.3 Å². The van der Waals surface area contributed by atoms with Crippen molar-refractivity contribution in [3.63, 3.8) is 0 Å². The van der Waals surface area contributed by atoms with Crippen LogP contribution in [0.1, 0.15) is 50.3 Å². The third kappa shape index (κ3) is 4.86. The molecular weight excluding hydrogens is 255 g/mol. The highest BCUT2D eigenvalue weighted by Gasteiger charge is 2.25. The Morgan fingerprint density at radius 2 is 2.00 bits per heavy atom. The van der Waals surface area contributed by atoms with Gasteiger partial charge < -0.3 is 5.32 Å². The number of nitrogens with zero attached hydrogens (tertiary/aromatic N) is 2. The van der Waals surface area contributed by atoms with Crippen molar-refractivity contribution in [3.05, 3.63) is 18.0 Å². The Bertz CT molecular complexity index is 381. The monoisotopic (exact) mass is 275 g/mol. The second kappa shape index (κ2) is 6.41. The van der Waals surface area contributed by atoms with E-state index >= 15 is 0 Å². The summed E-state index contributed by atoms with van der Waals surface area (Å²) in [5.74, 6) is 0. The Balaban J connectivity index is 1.74. The molecule has 0 aromatic carbocycles. The molecular formula is C13H20F3N3. The number of halogens is 3. The van der Waals surface area contributed by atoms with Crippen LogP contribution in [0.4, 0.5) is 13.2 Å². The van der Waals surface area contributed by atoms with E-state index in [2.05, 4.69) is 10.4 Å². The number of rotatable bonds is 5. The SMILES string of the molecule is FC(F)(F)CCNCc1ccn(C2CCCCC2)n1. The molecule has 1 aliphatic rings. The van der Waals surface area contributed by atoms with Crippen molar-refractivity contribution in [2.24, 2.45) is 0 Å². The van der Waals surface area contributed by atoms with E-state index in [1.165, 1.54) is 19.3 Å². The predicted molar refractivity (Wildman–Crippen MR) is 66.7 cm³/mol. The van der Waals surface area contributed by atoms with E-state index in [1.807, 2.05) is 16.9 Å². The summed E-state index contributed by atoms with van der Waals surface area (Å²) in [5, 5.41) is 7.22. The summed E-state index contributed by atoms with van der Waals surface area (Å²) in [6.45, 7) is 0.343. The molecule has 2 rings (SSSR count). The van der Waals surface area contributed by atoms with Crippen LogP contribution in [-0.4, -0.2) is 22.5 Å². The van der Waals surface area contributed by atoms with Crippen molar-refractivity contribution in [2.45, 2.75) is 57.3 Å². The molecule has 1 aromatic heterocycles. The molecule has 1 fully saturated rings. The molecule has 0 atom stereocenters. The highest BCUT2D eigenvalue weighted by molar-refractivity contribution is 4.99. The molecule has 1 saturated carbocycles. The number of nitrogens with one attached hydrogen (secondary N) is 1. The molecule has 1 aromatic rings. The molecule has 1 aliphatic carbocycles. The molecule has 1 heterocycles. The van der Waals surface area contributed by atoms with Gasteiger partial charge in [0.2, 0.25) is 0 Å². The molecule has 0 bridgehead atoms. The molecule has 0 unspecified atom stereocenters. The maximum absolute atomic E-state index is 12.0. The van der Waals surface area contributed by atoms with Crippen molar-refractivity contribution in [2.75, 3.05) is 6.54 Å². The lowest BCUT2D eigenvalue weighted by molar-refractivity contribution is -0.133. The van der Waals surface area contributed by atoms with Crippen LogP contribution >= 0.6 is 0 Å². The lowest BCUT2D eigenvalue weighted by atomic mass is 9.96. The molecule has 3 nitrogen and oxygen atoms in total. The minimum absolute atomic E-state index is 0.0558. The van der Waals surface area contributed by atoms with Gasteiger partial charge in [-0.05, 0) is 18.9 Å². The fourth-order valence-corrected chi connectivity index (χ4v) is 2.47. The summed E-state index contributed by atoms with van der Waals surface area (Å²) < 4.78 is 37.9. The average molecular weight is 275 g/mol. The number of aromatic nitrogens is 2. The van der Waals surface area contributed by atoms with Gasteiger partial charge in [-0.15, -0.1) is 0 Å². The Kier molecular flexibility index (Phi) is 4.85. The van der Waals surface area contributed by atoms with E-state index in [0.29, 0.717) is 12.6 Å². The third-order valence-electron chi connectivity index (χ3n) is 3.50. The highest BCUT2D eigenvalue weighted by atomic mass is 19.4. The second-order valence-electron chi connectivity index (χ2n) is 5.12. The lowest BCUT2D eigenvalue weighted by Crippen LogP contribution is -2.21. The van der Waals surface area contributed by atoms with Gasteiger partial charge in [-0.1, -0.05) is 19.3 Å². The largest absolute Gasteiger partial charge is 0.390 e. The first-order valence-corrected chi connectivity index (χ1v) is 6.86. The van der Waals surface area contributed by atoms with Crippen molar-refractivity contribution < 1.29 is 13.2 Å². The zero-order valence-corrected chi connectivity index (χ0v) is 10.9.